The summed E-state index contributed by atoms with van der Waals surface area (Å²) in [6.45, 7) is 0.708. The number of benzene rings is 2. The van der Waals surface area contributed by atoms with E-state index >= 15 is 4.39 Å². The van der Waals surface area contributed by atoms with Gasteiger partial charge in [0.25, 0.3) is 5.91 Å². The molecular weight excluding hydrogens is 460 g/mol. The highest BCUT2D eigenvalue weighted by Gasteiger charge is 2.21. The molecule has 2 aromatic heterocycles. The molecule has 0 radical (unpaired) electrons. The van der Waals surface area contributed by atoms with E-state index in [4.69, 9.17) is 11.6 Å². The van der Waals surface area contributed by atoms with E-state index in [0.29, 0.717) is 17.8 Å². The number of amides is 1. The minimum absolute atomic E-state index is 0.00791. The molecule has 5 rings (SSSR count). The Hall–Kier alpha value is -3.75. The van der Waals surface area contributed by atoms with Crippen molar-refractivity contribution in [2.45, 2.75) is 0 Å². The molecule has 0 spiro atoms. The number of halogens is 3. The zero-order valence-electron chi connectivity index (χ0n) is 18.4. The molecule has 6 nitrogen and oxygen atoms in total. The highest BCUT2D eigenvalue weighted by atomic mass is 35.5. The van der Waals surface area contributed by atoms with Gasteiger partial charge in [0.15, 0.2) is 0 Å². The van der Waals surface area contributed by atoms with Gasteiger partial charge in [-0.3, -0.25) is 9.20 Å². The van der Waals surface area contributed by atoms with E-state index in [0.717, 1.165) is 27.8 Å². The molecule has 2 aromatic carbocycles. The van der Waals surface area contributed by atoms with Crippen LogP contribution in [0.2, 0.25) is 5.02 Å². The van der Waals surface area contributed by atoms with Gasteiger partial charge in [-0.05, 0) is 53.6 Å². The van der Waals surface area contributed by atoms with Crippen LogP contribution < -0.4 is 10.3 Å². The van der Waals surface area contributed by atoms with Crippen molar-refractivity contribution in [3.63, 3.8) is 0 Å². The highest BCUT2D eigenvalue weighted by Crippen LogP contribution is 2.28. The van der Waals surface area contributed by atoms with Crippen molar-refractivity contribution >= 4 is 34.4 Å². The first-order chi connectivity index (χ1) is 16.3. The molecule has 9 heteroatoms. The van der Waals surface area contributed by atoms with Gasteiger partial charge < -0.3 is 9.91 Å². The van der Waals surface area contributed by atoms with Crippen LogP contribution in [-0.2, 0) is 0 Å². The molecule has 1 aliphatic rings. The lowest BCUT2D eigenvalue weighted by Crippen LogP contribution is -2.28. The molecular formula is C25H20ClF2N5O. The number of fused-ring (bicyclic) bond motifs is 1. The number of nitrogens with zero attached hydrogens (tertiary/aromatic N) is 4. The number of pyridine rings is 1. The fourth-order valence-corrected chi connectivity index (χ4v) is 4.15. The number of hydrazine groups is 1. The molecule has 0 saturated carbocycles. The summed E-state index contributed by atoms with van der Waals surface area (Å²) in [5, 5.41) is 2.10. The zero-order valence-corrected chi connectivity index (χ0v) is 19.1. The van der Waals surface area contributed by atoms with Crippen molar-refractivity contribution in [2.75, 3.05) is 25.5 Å². The lowest BCUT2D eigenvalue weighted by Gasteiger charge is -2.19. The van der Waals surface area contributed by atoms with E-state index in [-0.39, 0.29) is 16.3 Å². The Morgan fingerprint density at radius 2 is 1.88 bits per heavy atom. The van der Waals surface area contributed by atoms with Crippen molar-refractivity contribution in [2.24, 2.45) is 0 Å². The van der Waals surface area contributed by atoms with E-state index in [2.05, 4.69) is 10.4 Å². The Labute approximate surface area is 199 Å². The largest absolute Gasteiger partial charge is 0.318 e. The number of hydrogen-bond donors (Lipinski definition) is 1. The van der Waals surface area contributed by atoms with Gasteiger partial charge in [-0.1, -0.05) is 17.7 Å². The molecule has 172 valence electrons. The summed E-state index contributed by atoms with van der Waals surface area (Å²) in [7, 11) is 3.32. The van der Waals surface area contributed by atoms with Crippen LogP contribution in [0.3, 0.4) is 0 Å². The summed E-state index contributed by atoms with van der Waals surface area (Å²) in [6, 6.07) is 12.2. The van der Waals surface area contributed by atoms with Gasteiger partial charge in [-0.25, -0.2) is 19.2 Å². The number of imidazole rings is 1. The molecule has 1 aliphatic heterocycles. The van der Waals surface area contributed by atoms with Gasteiger partial charge in [0.1, 0.15) is 17.3 Å². The summed E-state index contributed by atoms with van der Waals surface area (Å²) in [4.78, 5) is 18.4. The number of hydrogen-bond acceptors (Lipinski definition) is 4. The number of carbonyl (C=O) groups is 1. The first kappa shape index (κ1) is 22.1. The maximum atomic E-state index is 15.1. The predicted octanol–water partition coefficient (Wildman–Crippen LogP) is 5.00. The van der Waals surface area contributed by atoms with Gasteiger partial charge in [-0.2, -0.15) is 0 Å². The molecule has 1 N–H and O–H groups in total. The molecule has 1 amide bonds. The van der Waals surface area contributed by atoms with Crippen molar-refractivity contribution < 1.29 is 13.6 Å². The van der Waals surface area contributed by atoms with Crippen LogP contribution in [0.1, 0.15) is 15.9 Å². The molecule has 0 aliphatic carbocycles. The third-order valence-corrected chi connectivity index (χ3v) is 6.05. The van der Waals surface area contributed by atoms with Crippen LogP contribution in [-0.4, -0.2) is 40.9 Å². The Balaban J connectivity index is 1.48. The minimum Gasteiger partial charge on any atom is -0.318 e. The van der Waals surface area contributed by atoms with Crippen molar-refractivity contribution in [1.82, 2.24) is 19.8 Å². The summed E-state index contributed by atoms with van der Waals surface area (Å²) in [6.07, 6.45) is 5.63. The van der Waals surface area contributed by atoms with Crippen LogP contribution in [0.15, 0.2) is 67.1 Å². The van der Waals surface area contributed by atoms with Gasteiger partial charge in [0.2, 0.25) is 0 Å². The third kappa shape index (κ3) is 3.91. The third-order valence-electron chi connectivity index (χ3n) is 5.82. The molecule has 34 heavy (non-hydrogen) atoms. The Morgan fingerprint density at radius 1 is 1.09 bits per heavy atom. The van der Waals surface area contributed by atoms with Crippen LogP contribution in [0.25, 0.3) is 22.5 Å². The number of carbonyl (C=O) groups excluding carboxylic acids is 1. The van der Waals surface area contributed by atoms with Crippen molar-refractivity contribution in [1.29, 1.82) is 0 Å². The lowest BCUT2D eigenvalue weighted by atomic mass is 10.1. The van der Waals surface area contributed by atoms with E-state index < -0.39 is 17.5 Å². The lowest BCUT2D eigenvalue weighted by molar-refractivity contribution is 0.0988. The first-order valence-electron chi connectivity index (χ1n) is 10.5. The quantitative estimate of drug-likeness (QED) is 0.447. The first-order valence-corrected chi connectivity index (χ1v) is 10.9. The fraction of sp³-hybridized carbons (Fsp3) is 0.120. The normalized spacial score (nSPS) is 13.4. The monoisotopic (exact) mass is 479 g/mol. The zero-order chi connectivity index (χ0) is 24.0. The Morgan fingerprint density at radius 3 is 2.59 bits per heavy atom. The predicted molar refractivity (Wildman–Crippen MR) is 128 cm³/mol. The summed E-state index contributed by atoms with van der Waals surface area (Å²) < 4.78 is 31.2. The molecule has 0 bridgehead atoms. The molecule has 0 fully saturated rings. The van der Waals surface area contributed by atoms with Crippen LogP contribution in [0, 0.1) is 11.6 Å². The van der Waals surface area contributed by atoms with E-state index in [9.17, 15) is 9.18 Å². The van der Waals surface area contributed by atoms with Crippen molar-refractivity contribution in [3.8, 4) is 11.3 Å². The maximum absolute atomic E-state index is 15.1. The van der Waals surface area contributed by atoms with E-state index in [1.807, 2.05) is 41.0 Å². The standard InChI is InChI=1S/C25H20ClF2N5O/c1-31-13-17(11-30-31)16-4-8-24-29-12-23(33(24)14-16)15-3-6-19(20(27)9-15)25(34)32(2)22-7-5-18(26)10-21(22)28/h3-10,12-14,30H,11H2,1-2H3. The second-order valence-corrected chi connectivity index (χ2v) is 8.48. The van der Waals surface area contributed by atoms with Gasteiger partial charge >= 0.3 is 0 Å². The Kier molecular flexibility index (Phi) is 5.55. The van der Waals surface area contributed by atoms with E-state index in [1.165, 1.54) is 31.3 Å². The second kappa shape index (κ2) is 8.55. The average molecular weight is 480 g/mol. The number of aromatic nitrogens is 2. The van der Waals surface area contributed by atoms with Gasteiger partial charge in [-0.15, -0.1) is 0 Å². The molecule has 0 unspecified atom stereocenters. The van der Waals surface area contributed by atoms with Crippen molar-refractivity contribution in [3.05, 3.63) is 94.9 Å². The minimum atomic E-state index is -0.709. The van der Waals surface area contributed by atoms with E-state index in [1.54, 1.807) is 12.3 Å². The van der Waals surface area contributed by atoms with Crippen LogP contribution >= 0.6 is 11.6 Å². The molecule has 0 atom stereocenters. The SMILES string of the molecule is CN1C=C(c2ccc3ncc(-c4ccc(C(=O)N(C)c5ccc(Cl)cc5F)c(F)c4)n3c2)CN1. The summed E-state index contributed by atoms with van der Waals surface area (Å²) in [5.74, 6) is -2.05. The number of nitrogens with one attached hydrogen (secondary N) is 1. The molecule has 0 saturated heterocycles. The topological polar surface area (TPSA) is 52.9 Å². The Bertz CT molecular complexity index is 1470. The van der Waals surface area contributed by atoms with Crippen LogP contribution in [0.4, 0.5) is 14.5 Å². The summed E-state index contributed by atoms with van der Waals surface area (Å²) in [5.41, 5.74) is 7.16. The smallest absolute Gasteiger partial charge is 0.261 e. The summed E-state index contributed by atoms with van der Waals surface area (Å²) >= 11 is 5.79. The van der Waals surface area contributed by atoms with Crippen LogP contribution in [0.5, 0.6) is 0 Å². The highest BCUT2D eigenvalue weighted by molar-refractivity contribution is 6.30. The maximum Gasteiger partial charge on any atom is 0.261 e. The van der Waals surface area contributed by atoms with Gasteiger partial charge in [0.05, 0.1) is 23.1 Å². The number of rotatable bonds is 4. The fourth-order valence-electron chi connectivity index (χ4n) is 3.99. The van der Waals surface area contributed by atoms with Gasteiger partial charge in [0, 0.05) is 43.6 Å². The average Bonchev–Trinajstić information content (AvgIpc) is 3.44. The molecule has 4 aromatic rings. The second-order valence-electron chi connectivity index (χ2n) is 8.04. The number of anilines is 1. The molecule has 3 heterocycles.